The number of hydrogen-bond donors (Lipinski definition) is 0. The standard InChI is InChI=1S/C13H14F3NO2/c1-9-3-2-6-17(9)11-5-4-10(8-18)12(7-11)19-13(14,15)16/h4-5,7-9H,2-3,6H2,1H3. The van der Waals surface area contributed by atoms with Gasteiger partial charge in [-0.15, -0.1) is 13.2 Å². The topological polar surface area (TPSA) is 29.5 Å². The van der Waals surface area contributed by atoms with Gasteiger partial charge in [-0.2, -0.15) is 0 Å². The molecule has 1 aromatic carbocycles. The van der Waals surface area contributed by atoms with E-state index in [0.717, 1.165) is 19.4 Å². The lowest BCUT2D eigenvalue weighted by Gasteiger charge is -2.24. The number of rotatable bonds is 3. The smallest absolute Gasteiger partial charge is 0.405 e. The number of alkyl halides is 3. The Balaban J connectivity index is 2.32. The van der Waals surface area contributed by atoms with Gasteiger partial charge in [-0.1, -0.05) is 0 Å². The second-order valence-corrected chi connectivity index (χ2v) is 4.57. The fourth-order valence-electron chi connectivity index (χ4n) is 2.33. The van der Waals surface area contributed by atoms with Crippen molar-refractivity contribution >= 4 is 12.0 Å². The van der Waals surface area contributed by atoms with Gasteiger partial charge in [0.05, 0.1) is 5.56 Å². The first-order chi connectivity index (χ1) is 8.90. The quantitative estimate of drug-likeness (QED) is 0.791. The van der Waals surface area contributed by atoms with Gasteiger partial charge < -0.3 is 9.64 Å². The predicted molar refractivity (Wildman–Crippen MR) is 64.6 cm³/mol. The Hall–Kier alpha value is -1.72. The van der Waals surface area contributed by atoms with E-state index in [1.54, 1.807) is 6.07 Å². The average Bonchev–Trinajstić information content (AvgIpc) is 2.73. The molecule has 0 bridgehead atoms. The molecule has 0 radical (unpaired) electrons. The molecule has 6 heteroatoms. The summed E-state index contributed by atoms with van der Waals surface area (Å²) in [6, 6.07) is 4.56. The molecule has 19 heavy (non-hydrogen) atoms. The molecule has 1 heterocycles. The van der Waals surface area contributed by atoms with Crippen LogP contribution in [0.4, 0.5) is 18.9 Å². The lowest BCUT2D eigenvalue weighted by Crippen LogP contribution is -2.26. The average molecular weight is 273 g/mol. The van der Waals surface area contributed by atoms with Crippen molar-refractivity contribution in [2.75, 3.05) is 11.4 Å². The molecule has 3 nitrogen and oxygen atoms in total. The Bertz CT molecular complexity index is 473. The van der Waals surface area contributed by atoms with Crippen molar-refractivity contribution in [1.82, 2.24) is 0 Å². The molecular weight excluding hydrogens is 259 g/mol. The first kappa shape index (κ1) is 13.7. The molecule has 1 aromatic rings. The van der Waals surface area contributed by atoms with Crippen LogP contribution in [-0.4, -0.2) is 25.2 Å². The third-order valence-electron chi connectivity index (χ3n) is 3.23. The molecule has 1 aliphatic heterocycles. The van der Waals surface area contributed by atoms with E-state index in [2.05, 4.69) is 4.74 Å². The highest BCUT2D eigenvalue weighted by molar-refractivity contribution is 5.81. The summed E-state index contributed by atoms with van der Waals surface area (Å²) in [6.45, 7) is 2.82. The summed E-state index contributed by atoms with van der Waals surface area (Å²) in [6.07, 6.45) is -2.43. The van der Waals surface area contributed by atoms with Gasteiger partial charge in [-0.05, 0) is 31.9 Å². The van der Waals surface area contributed by atoms with Gasteiger partial charge in [0.15, 0.2) is 6.29 Å². The van der Waals surface area contributed by atoms with Crippen LogP contribution in [-0.2, 0) is 0 Å². The summed E-state index contributed by atoms with van der Waals surface area (Å²) in [5.41, 5.74) is 0.544. The largest absolute Gasteiger partial charge is 0.573 e. The molecule has 1 aliphatic rings. The number of anilines is 1. The molecular formula is C13H14F3NO2. The number of carbonyl (C=O) groups is 1. The zero-order chi connectivity index (χ0) is 14.0. The van der Waals surface area contributed by atoms with Crippen LogP contribution in [0.5, 0.6) is 5.75 Å². The minimum atomic E-state index is -4.80. The van der Waals surface area contributed by atoms with Crippen LogP contribution in [0.2, 0.25) is 0 Å². The number of benzene rings is 1. The van der Waals surface area contributed by atoms with E-state index in [9.17, 15) is 18.0 Å². The van der Waals surface area contributed by atoms with Gasteiger partial charge in [-0.3, -0.25) is 4.79 Å². The van der Waals surface area contributed by atoms with E-state index in [-0.39, 0.29) is 11.6 Å². The molecule has 1 unspecified atom stereocenters. The van der Waals surface area contributed by atoms with Crippen LogP contribution in [0.1, 0.15) is 30.1 Å². The molecule has 1 saturated heterocycles. The fourth-order valence-corrected chi connectivity index (χ4v) is 2.33. The molecule has 2 rings (SSSR count). The third kappa shape index (κ3) is 3.19. The zero-order valence-corrected chi connectivity index (χ0v) is 10.4. The maximum Gasteiger partial charge on any atom is 0.573 e. The van der Waals surface area contributed by atoms with Gasteiger partial charge in [0.25, 0.3) is 0 Å². The maximum atomic E-state index is 12.3. The third-order valence-corrected chi connectivity index (χ3v) is 3.23. The van der Waals surface area contributed by atoms with Crippen molar-refractivity contribution in [3.8, 4) is 5.75 Å². The molecule has 0 aromatic heterocycles. The normalized spacial score (nSPS) is 19.6. The molecule has 0 N–H and O–H groups in total. The number of nitrogens with zero attached hydrogens (tertiary/aromatic N) is 1. The van der Waals surface area contributed by atoms with Crippen LogP contribution in [0.3, 0.4) is 0 Å². The summed E-state index contributed by atoms with van der Waals surface area (Å²) >= 11 is 0. The lowest BCUT2D eigenvalue weighted by atomic mass is 10.1. The van der Waals surface area contributed by atoms with Gasteiger partial charge in [0.2, 0.25) is 0 Å². The first-order valence-corrected chi connectivity index (χ1v) is 6.02. The van der Waals surface area contributed by atoms with Gasteiger partial charge >= 0.3 is 6.36 Å². The Morgan fingerprint density at radius 2 is 2.16 bits per heavy atom. The molecule has 0 amide bonds. The highest BCUT2D eigenvalue weighted by Gasteiger charge is 2.32. The zero-order valence-electron chi connectivity index (χ0n) is 10.4. The minimum absolute atomic E-state index is 0.104. The lowest BCUT2D eigenvalue weighted by molar-refractivity contribution is -0.274. The summed E-state index contributed by atoms with van der Waals surface area (Å²) < 4.78 is 40.8. The second-order valence-electron chi connectivity index (χ2n) is 4.57. The van der Waals surface area contributed by atoms with Crippen LogP contribution >= 0.6 is 0 Å². The Labute approximate surface area is 109 Å². The van der Waals surface area contributed by atoms with Crippen LogP contribution < -0.4 is 9.64 Å². The molecule has 0 saturated carbocycles. The van der Waals surface area contributed by atoms with Crippen LogP contribution in [0.15, 0.2) is 18.2 Å². The van der Waals surface area contributed by atoms with E-state index < -0.39 is 12.1 Å². The van der Waals surface area contributed by atoms with Gasteiger partial charge in [-0.25, -0.2) is 0 Å². The van der Waals surface area contributed by atoms with Gasteiger partial charge in [0.1, 0.15) is 5.75 Å². The maximum absolute atomic E-state index is 12.3. The number of hydrogen-bond acceptors (Lipinski definition) is 3. The van der Waals surface area contributed by atoms with E-state index in [4.69, 9.17) is 0 Å². The number of aldehydes is 1. The van der Waals surface area contributed by atoms with Crippen molar-refractivity contribution < 1.29 is 22.7 Å². The predicted octanol–water partition coefficient (Wildman–Crippen LogP) is 3.39. The first-order valence-electron chi connectivity index (χ1n) is 6.02. The Morgan fingerprint density at radius 3 is 2.68 bits per heavy atom. The van der Waals surface area contributed by atoms with Crippen molar-refractivity contribution in [2.24, 2.45) is 0 Å². The van der Waals surface area contributed by atoms with E-state index in [1.807, 2.05) is 11.8 Å². The van der Waals surface area contributed by atoms with Crippen LogP contribution in [0.25, 0.3) is 0 Å². The van der Waals surface area contributed by atoms with Crippen molar-refractivity contribution in [3.05, 3.63) is 23.8 Å². The molecule has 1 atom stereocenters. The van der Waals surface area contributed by atoms with E-state index in [0.29, 0.717) is 12.0 Å². The van der Waals surface area contributed by atoms with Crippen molar-refractivity contribution in [3.63, 3.8) is 0 Å². The molecule has 0 aliphatic carbocycles. The number of halogens is 3. The monoisotopic (exact) mass is 273 g/mol. The molecule has 1 fully saturated rings. The summed E-state index contributed by atoms with van der Waals surface area (Å²) in [7, 11) is 0. The summed E-state index contributed by atoms with van der Waals surface area (Å²) in [5, 5.41) is 0. The second kappa shape index (κ2) is 5.11. The highest BCUT2D eigenvalue weighted by Crippen LogP contribution is 2.32. The SMILES string of the molecule is CC1CCCN1c1ccc(C=O)c(OC(F)(F)F)c1. The number of carbonyl (C=O) groups excluding carboxylic acids is 1. The van der Waals surface area contributed by atoms with Crippen LogP contribution in [0, 0.1) is 0 Å². The van der Waals surface area contributed by atoms with Crippen molar-refractivity contribution in [2.45, 2.75) is 32.2 Å². The molecule has 0 spiro atoms. The fraction of sp³-hybridized carbons (Fsp3) is 0.462. The summed E-state index contributed by atoms with van der Waals surface area (Å²) in [4.78, 5) is 12.8. The highest BCUT2D eigenvalue weighted by atomic mass is 19.4. The Morgan fingerprint density at radius 1 is 1.42 bits per heavy atom. The van der Waals surface area contributed by atoms with Crippen molar-refractivity contribution in [1.29, 1.82) is 0 Å². The summed E-state index contributed by atoms with van der Waals surface area (Å²) in [5.74, 6) is -0.445. The Kier molecular flexibility index (Phi) is 3.68. The van der Waals surface area contributed by atoms with Gasteiger partial charge in [0, 0.05) is 24.3 Å². The van der Waals surface area contributed by atoms with E-state index >= 15 is 0 Å². The number of ether oxygens (including phenoxy) is 1. The minimum Gasteiger partial charge on any atom is -0.405 e. The molecule has 104 valence electrons. The van der Waals surface area contributed by atoms with E-state index in [1.165, 1.54) is 12.1 Å².